The smallest absolute Gasteiger partial charge is 0.220 e. The largest absolute Gasteiger partial charge is 0.354 e. The Bertz CT molecular complexity index is 411. The van der Waals surface area contributed by atoms with E-state index in [1.165, 1.54) is 11.3 Å². The van der Waals surface area contributed by atoms with Crippen molar-refractivity contribution in [3.63, 3.8) is 0 Å². The Morgan fingerprint density at radius 3 is 2.53 bits per heavy atom. The molecule has 0 radical (unpaired) electrons. The highest BCUT2D eigenvalue weighted by Crippen LogP contribution is 2.13. The van der Waals surface area contributed by atoms with Crippen molar-refractivity contribution in [2.45, 2.75) is 45.1 Å². The standard InChI is InChI=1S/C14H22N2O2S/c1-3-14(15,4-2)10-16-13(18)8-7-11(17)12-6-5-9-19-12/h5-6,9H,3-4,7-8,10,15H2,1-2H3,(H,16,18). The molecule has 0 spiro atoms. The van der Waals surface area contributed by atoms with Crippen LogP contribution in [0.4, 0.5) is 0 Å². The zero-order valence-corrected chi connectivity index (χ0v) is 12.4. The Morgan fingerprint density at radius 2 is 2.00 bits per heavy atom. The number of Topliss-reactive ketones (excluding diaryl/α,β-unsaturated/α-hetero) is 1. The quantitative estimate of drug-likeness (QED) is 0.719. The molecule has 3 N–H and O–H groups in total. The summed E-state index contributed by atoms with van der Waals surface area (Å²) >= 11 is 1.41. The van der Waals surface area contributed by atoms with Crippen molar-refractivity contribution >= 4 is 23.0 Å². The van der Waals surface area contributed by atoms with Gasteiger partial charge in [-0.1, -0.05) is 19.9 Å². The third-order valence-corrected chi connectivity index (χ3v) is 4.33. The van der Waals surface area contributed by atoms with Gasteiger partial charge in [-0.15, -0.1) is 11.3 Å². The van der Waals surface area contributed by atoms with Crippen molar-refractivity contribution < 1.29 is 9.59 Å². The lowest BCUT2D eigenvalue weighted by Crippen LogP contribution is -2.49. The van der Waals surface area contributed by atoms with Gasteiger partial charge in [0.2, 0.25) is 5.91 Å². The molecule has 0 fully saturated rings. The maximum absolute atomic E-state index is 11.7. The van der Waals surface area contributed by atoms with Gasteiger partial charge in [0.05, 0.1) is 4.88 Å². The Hall–Kier alpha value is -1.20. The lowest BCUT2D eigenvalue weighted by molar-refractivity contribution is -0.121. The molecular formula is C14H22N2O2S. The van der Waals surface area contributed by atoms with Crippen LogP contribution in [-0.2, 0) is 4.79 Å². The van der Waals surface area contributed by atoms with E-state index in [0.29, 0.717) is 11.4 Å². The van der Waals surface area contributed by atoms with E-state index in [9.17, 15) is 9.59 Å². The molecule has 1 aromatic rings. The first-order valence-electron chi connectivity index (χ1n) is 6.63. The molecule has 1 amide bonds. The van der Waals surface area contributed by atoms with Crippen molar-refractivity contribution in [2.24, 2.45) is 5.73 Å². The number of carbonyl (C=O) groups is 2. The molecule has 19 heavy (non-hydrogen) atoms. The summed E-state index contributed by atoms with van der Waals surface area (Å²) in [5, 5.41) is 4.67. The predicted molar refractivity (Wildman–Crippen MR) is 78.4 cm³/mol. The summed E-state index contributed by atoms with van der Waals surface area (Å²) in [5.41, 5.74) is 5.76. The number of hydrogen-bond donors (Lipinski definition) is 2. The lowest BCUT2D eigenvalue weighted by atomic mass is 9.94. The number of hydrogen-bond acceptors (Lipinski definition) is 4. The number of rotatable bonds is 8. The summed E-state index contributed by atoms with van der Waals surface area (Å²) in [6, 6.07) is 3.62. The van der Waals surface area contributed by atoms with Gasteiger partial charge in [-0.2, -0.15) is 0 Å². The monoisotopic (exact) mass is 282 g/mol. The molecule has 0 aliphatic rings. The first kappa shape index (κ1) is 15.9. The summed E-state index contributed by atoms with van der Waals surface area (Å²) in [6.45, 7) is 4.48. The molecule has 106 valence electrons. The van der Waals surface area contributed by atoms with Crippen LogP contribution in [0.25, 0.3) is 0 Å². The van der Waals surface area contributed by atoms with E-state index in [1.807, 2.05) is 25.3 Å². The average molecular weight is 282 g/mol. The van der Waals surface area contributed by atoms with Gasteiger partial charge in [0.1, 0.15) is 0 Å². The highest BCUT2D eigenvalue weighted by Gasteiger charge is 2.21. The van der Waals surface area contributed by atoms with E-state index in [4.69, 9.17) is 5.73 Å². The van der Waals surface area contributed by atoms with Gasteiger partial charge in [0.25, 0.3) is 0 Å². The van der Waals surface area contributed by atoms with E-state index in [-0.39, 0.29) is 30.1 Å². The van der Waals surface area contributed by atoms with Crippen LogP contribution in [0.1, 0.15) is 49.2 Å². The molecular weight excluding hydrogens is 260 g/mol. The van der Waals surface area contributed by atoms with E-state index >= 15 is 0 Å². The minimum atomic E-state index is -0.340. The summed E-state index contributed by atoms with van der Waals surface area (Å²) in [4.78, 5) is 24.1. The van der Waals surface area contributed by atoms with Gasteiger partial charge in [-0.05, 0) is 24.3 Å². The number of nitrogens with one attached hydrogen (secondary N) is 1. The molecule has 0 bridgehead atoms. The molecule has 0 unspecified atom stereocenters. The second kappa shape index (κ2) is 7.40. The van der Waals surface area contributed by atoms with Gasteiger partial charge in [0.15, 0.2) is 5.78 Å². The Balaban J connectivity index is 2.30. The average Bonchev–Trinajstić information content (AvgIpc) is 2.96. The number of nitrogens with two attached hydrogens (primary N) is 1. The SMILES string of the molecule is CCC(N)(CC)CNC(=O)CCC(=O)c1cccs1. The molecule has 5 heteroatoms. The third-order valence-electron chi connectivity index (χ3n) is 3.42. The van der Waals surface area contributed by atoms with E-state index < -0.39 is 0 Å². The minimum absolute atomic E-state index is 0.0233. The first-order chi connectivity index (χ1) is 9.00. The first-order valence-corrected chi connectivity index (χ1v) is 7.51. The van der Waals surface area contributed by atoms with Crippen LogP contribution in [0, 0.1) is 0 Å². The highest BCUT2D eigenvalue weighted by atomic mass is 32.1. The summed E-state index contributed by atoms with van der Waals surface area (Å²) < 4.78 is 0. The third kappa shape index (κ3) is 5.12. The fraction of sp³-hybridized carbons (Fsp3) is 0.571. The Labute approximate surface area is 118 Å². The molecule has 1 heterocycles. The molecule has 0 atom stereocenters. The summed E-state index contributed by atoms with van der Waals surface area (Å²) in [7, 11) is 0. The van der Waals surface area contributed by atoms with Gasteiger partial charge >= 0.3 is 0 Å². The molecule has 0 saturated carbocycles. The molecule has 0 aliphatic carbocycles. The molecule has 1 rings (SSSR count). The second-order valence-electron chi connectivity index (χ2n) is 4.75. The van der Waals surface area contributed by atoms with Gasteiger partial charge in [0, 0.05) is 24.9 Å². The van der Waals surface area contributed by atoms with E-state index in [2.05, 4.69) is 5.32 Å². The van der Waals surface area contributed by atoms with Crippen molar-refractivity contribution in [1.29, 1.82) is 0 Å². The summed E-state index contributed by atoms with van der Waals surface area (Å²) in [5.74, 6) is -0.0863. The zero-order chi connectivity index (χ0) is 14.3. The van der Waals surface area contributed by atoms with Crippen LogP contribution in [0.15, 0.2) is 17.5 Å². The lowest BCUT2D eigenvalue weighted by Gasteiger charge is -2.26. The molecule has 0 aliphatic heterocycles. The predicted octanol–water partition coefficient (Wildman–Crippen LogP) is 2.34. The maximum atomic E-state index is 11.7. The van der Waals surface area contributed by atoms with Gasteiger partial charge < -0.3 is 11.1 Å². The van der Waals surface area contributed by atoms with Crippen LogP contribution in [0.3, 0.4) is 0 Å². The Morgan fingerprint density at radius 1 is 1.32 bits per heavy atom. The van der Waals surface area contributed by atoms with E-state index in [1.54, 1.807) is 6.07 Å². The fourth-order valence-electron chi connectivity index (χ4n) is 1.65. The van der Waals surface area contributed by atoms with Crippen molar-refractivity contribution in [3.05, 3.63) is 22.4 Å². The highest BCUT2D eigenvalue weighted by molar-refractivity contribution is 7.12. The van der Waals surface area contributed by atoms with Crippen LogP contribution in [0.2, 0.25) is 0 Å². The number of ketones is 1. The van der Waals surface area contributed by atoms with Gasteiger partial charge in [-0.3, -0.25) is 9.59 Å². The molecule has 4 nitrogen and oxygen atoms in total. The fourth-order valence-corrected chi connectivity index (χ4v) is 2.34. The minimum Gasteiger partial charge on any atom is -0.354 e. The zero-order valence-electron chi connectivity index (χ0n) is 11.6. The Kier molecular flexibility index (Phi) is 6.18. The van der Waals surface area contributed by atoms with Crippen molar-refractivity contribution in [2.75, 3.05) is 6.54 Å². The molecule has 0 aromatic carbocycles. The van der Waals surface area contributed by atoms with Crippen molar-refractivity contribution in [1.82, 2.24) is 5.32 Å². The number of amides is 1. The van der Waals surface area contributed by atoms with Crippen molar-refractivity contribution in [3.8, 4) is 0 Å². The number of thiophene rings is 1. The van der Waals surface area contributed by atoms with Gasteiger partial charge in [-0.25, -0.2) is 0 Å². The topological polar surface area (TPSA) is 72.2 Å². The summed E-state index contributed by atoms with van der Waals surface area (Å²) in [6.07, 6.45) is 2.11. The van der Waals surface area contributed by atoms with E-state index in [0.717, 1.165) is 12.8 Å². The second-order valence-corrected chi connectivity index (χ2v) is 5.69. The number of carbonyl (C=O) groups excluding carboxylic acids is 2. The normalized spacial score (nSPS) is 11.3. The maximum Gasteiger partial charge on any atom is 0.220 e. The molecule has 1 aromatic heterocycles. The van der Waals surface area contributed by atoms with Crippen LogP contribution in [-0.4, -0.2) is 23.8 Å². The van der Waals surface area contributed by atoms with Crippen LogP contribution < -0.4 is 11.1 Å². The van der Waals surface area contributed by atoms with Crippen LogP contribution in [0.5, 0.6) is 0 Å². The van der Waals surface area contributed by atoms with Crippen LogP contribution >= 0.6 is 11.3 Å². The molecule has 0 saturated heterocycles.